The van der Waals surface area contributed by atoms with Gasteiger partial charge in [-0.2, -0.15) is 0 Å². The molecule has 1 fully saturated rings. The van der Waals surface area contributed by atoms with E-state index in [1.165, 1.54) is 6.21 Å². The fraction of sp³-hybridized carbons (Fsp3) is 0.286. The second-order valence-electron chi connectivity index (χ2n) is 10.2. The topological polar surface area (TPSA) is 78.7 Å². The van der Waals surface area contributed by atoms with Crippen molar-refractivity contribution < 1.29 is 28.9 Å². The summed E-state index contributed by atoms with van der Waals surface area (Å²) in [6, 6.07) is 39.9. The first-order valence-corrected chi connectivity index (χ1v) is 14.2. The Hall–Kier alpha value is -3.85. The second-order valence-corrected chi connectivity index (χ2v) is 10.2. The van der Waals surface area contributed by atoms with Gasteiger partial charge in [-0.05, 0) is 22.3 Å². The molecule has 1 aliphatic heterocycles. The average molecular weight is 568 g/mol. The minimum Gasteiger partial charge on any atom is -0.411 e. The quantitative estimate of drug-likeness (QED) is 0.111. The van der Waals surface area contributed by atoms with E-state index in [0.29, 0.717) is 26.4 Å². The zero-order valence-electron chi connectivity index (χ0n) is 23.5. The Labute approximate surface area is 247 Å². The van der Waals surface area contributed by atoms with Crippen molar-refractivity contribution >= 4 is 6.21 Å². The van der Waals surface area contributed by atoms with E-state index in [2.05, 4.69) is 5.16 Å². The molecule has 1 aliphatic rings. The van der Waals surface area contributed by atoms with Gasteiger partial charge in [-0.3, -0.25) is 0 Å². The minimum atomic E-state index is -0.693. The molecule has 218 valence electrons. The number of hydrogen-bond donors (Lipinski definition) is 1. The highest BCUT2D eigenvalue weighted by Gasteiger charge is 2.48. The number of nitrogens with zero attached hydrogens (tertiary/aromatic N) is 1. The second kappa shape index (κ2) is 16.0. The molecule has 4 aromatic carbocycles. The maximum Gasteiger partial charge on any atom is 0.125 e. The van der Waals surface area contributed by atoms with Crippen molar-refractivity contribution in [3.63, 3.8) is 0 Å². The normalized spacial score (nSPS) is 22.3. The van der Waals surface area contributed by atoms with Crippen LogP contribution in [0.5, 0.6) is 0 Å². The Kier molecular flexibility index (Phi) is 11.3. The number of oxime groups is 1. The van der Waals surface area contributed by atoms with E-state index in [4.69, 9.17) is 23.7 Å². The average Bonchev–Trinajstić information content (AvgIpc) is 3.05. The van der Waals surface area contributed by atoms with Gasteiger partial charge in [-0.1, -0.05) is 126 Å². The summed E-state index contributed by atoms with van der Waals surface area (Å²) in [5.41, 5.74) is 4.12. The van der Waals surface area contributed by atoms with E-state index < -0.39 is 30.5 Å². The first kappa shape index (κ1) is 29.6. The minimum absolute atomic E-state index is 0.251. The number of hydrogen-bond acceptors (Lipinski definition) is 7. The molecule has 5 rings (SSSR count). The number of rotatable bonds is 14. The van der Waals surface area contributed by atoms with Gasteiger partial charge in [0.15, 0.2) is 0 Å². The van der Waals surface area contributed by atoms with Crippen molar-refractivity contribution in [2.75, 3.05) is 6.61 Å². The number of ether oxygens (including phenoxy) is 5. The largest absolute Gasteiger partial charge is 0.411 e. The van der Waals surface area contributed by atoms with Crippen molar-refractivity contribution in [1.29, 1.82) is 0 Å². The highest BCUT2D eigenvalue weighted by molar-refractivity contribution is 5.63. The highest BCUT2D eigenvalue weighted by Crippen LogP contribution is 2.30. The summed E-state index contributed by atoms with van der Waals surface area (Å²) >= 11 is 0. The number of benzene rings is 4. The van der Waals surface area contributed by atoms with Crippen LogP contribution in [0, 0.1) is 0 Å². The lowest BCUT2D eigenvalue weighted by Gasteiger charge is -2.45. The third-order valence-corrected chi connectivity index (χ3v) is 7.13. The molecule has 7 heteroatoms. The first-order chi connectivity index (χ1) is 20.8. The Morgan fingerprint density at radius 1 is 0.548 bits per heavy atom. The maximum absolute atomic E-state index is 9.58. The fourth-order valence-corrected chi connectivity index (χ4v) is 5.01. The van der Waals surface area contributed by atoms with Crippen molar-refractivity contribution in [1.82, 2.24) is 0 Å². The molecule has 7 nitrogen and oxygen atoms in total. The summed E-state index contributed by atoms with van der Waals surface area (Å²) < 4.78 is 32.3. The molecule has 0 saturated carbocycles. The van der Waals surface area contributed by atoms with Crippen molar-refractivity contribution in [3.8, 4) is 0 Å². The van der Waals surface area contributed by atoms with Crippen LogP contribution < -0.4 is 0 Å². The molecule has 1 saturated heterocycles. The predicted octanol–water partition coefficient (Wildman–Crippen LogP) is 6.19. The van der Waals surface area contributed by atoms with E-state index in [-0.39, 0.29) is 6.61 Å². The lowest BCUT2D eigenvalue weighted by molar-refractivity contribution is -0.258. The molecule has 0 spiro atoms. The van der Waals surface area contributed by atoms with Crippen LogP contribution in [0.15, 0.2) is 126 Å². The van der Waals surface area contributed by atoms with E-state index >= 15 is 0 Å². The maximum atomic E-state index is 9.58. The SMILES string of the molecule is O/N=C\[C@@H]1O[C@H](COCc2ccccc2)[C@@H](OCc2ccccc2)[C@H](OCc2ccccc2)[C@H]1OCc1ccccc1. The fourth-order valence-electron chi connectivity index (χ4n) is 5.01. The van der Waals surface area contributed by atoms with Gasteiger partial charge in [0, 0.05) is 0 Å². The van der Waals surface area contributed by atoms with Gasteiger partial charge >= 0.3 is 0 Å². The summed E-state index contributed by atoms with van der Waals surface area (Å²) in [4.78, 5) is 0. The Morgan fingerprint density at radius 2 is 0.952 bits per heavy atom. The molecule has 42 heavy (non-hydrogen) atoms. The van der Waals surface area contributed by atoms with E-state index in [1.54, 1.807) is 0 Å². The van der Waals surface area contributed by atoms with Crippen LogP contribution in [0.4, 0.5) is 0 Å². The van der Waals surface area contributed by atoms with Crippen LogP contribution in [-0.2, 0) is 50.1 Å². The van der Waals surface area contributed by atoms with Gasteiger partial charge in [-0.15, -0.1) is 0 Å². The van der Waals surface area contributed by atoms with Gasteiger partial charge in [0.2, 0.25) is 0 Å². The van der Waals surface area contributed by atoms with Gasteiger partial charge in [0.25, 0.3) is 0 Å². The summed E-state index contributed by atoms with van der Waals surface area (Å²) in [5.74, 6) is 0. The third-order valence-electron chi connectivity index (χ3n) is 7.13. The van der Waals surface area contributed by atoms with Gasteiger partial charge < -0.3 is 28.9 Å². The molecule has 5 atom stereocenters. The predicted molar refractivity (Wildman–Crippen MR) is 160 cm³/mol. The van der Waals surface area contributed by atoms with E-state index in [9.17, 15) is 5.21 Å². The molecule has 1 N–H and O–H groups in total. The smallest absolute Gasteiger partial charge is 0.125 e. The Balaban J connectivity index is 1.41. The molecule has 0 unspecified atom stereocenters. The lowest BCUT2D eigenvalue weighted by atomic mass is 9.94. The molecule has 0 amide bonds. The zero-order valence-corrected chi connectivity index (χ0v) is 23.5. The highest BCUT2D eigenvalue weighted by atomic mass is 16.6. The van der Waals surface area contributed by atoms with Gasteiger partial charge in [0.1, 0.15) is 30.5 Å². The molecule has 0 aliphatic carbocycles. The lowest BCUT2D eigenvalue weighted by Crippen LogP contribution is -2.61. The van der Waals surface area contributed by atoms with Crippen LogP contribution in [0.3, 0.4) is 0 Å². The summed E-state index contributed by atoms with van der Waals surface area (Å²) in [6.07, 6.45) is -1.56. The van der Waals surface area contributed by atoms with Crippen LogP contribution in [-0.4, -0.2) is 48.5 Å². The summed E-state index contributed by atoms with van der Waals surface area (Å²) in [5, 5.41) is 12.9. The van der Waals surface area contributed by atoms with Crippen molar-refractivity contribution in [3.05, 3.63) is 144 Å². The summed E-state index contributed by atoms with van der Waals surface area (Å²) in [6.45, 7) is 1.72. The molecule has 0 aromatic heterocycles. The molecule has 1 heterocycles. The van der Waals surface area contributed by atoms with Crippen LogP contribution in [0.1, 0.15) is 22.3 Å². The Bertz CT molecular complexity index is 1320. The Morgan fingerprint density at radius 3 is 1.40 bits per heavy atom. The van der Waals surface area contributed by atoms with Crippen molar-refractivity contribution in [2.45, 2.75) is 56.9 Å². The van der Waals surface area contributed by atoms with Crippen LogP contribution in [0.25, 0.3) is 0 Å². The molecule has 0 radical (unpaired) electrons. The van der Waals surface area contributed by atoms with Crippen LogP contribution >= 0.6 is 0 Å². The van der Waals surface area contributed by atoms with Gasteiger partial charge in [-0.25, -0.2) is 0 Å². The monoisotopic (exact) mass is 567 g/mol. The summed E-state index contributed by atoms with van der Waals surface area (Å²) in [7, 11) is 0. The van der Waals surface area contributed by atoms with E-state index in [1.807, 2.05) is 121 Å². The first-order valence-electron chi connectivity index (χ1n) is 14.2. The standard InChI is InChI=1S/C35H37NO6/c37-36-21-31-33(39-23-28-15-7-2-8-16-28)35(41-25-30-19-11-4-12-20-30)34(40-24-29-17-9-3-10-18-29)32(42-31)26-38-22-27-13-5-1-6-14-27/h1-21,31-35,37H,22-26H2/b36-21-/t31-,32+,33-,34+,35+/m0/s1. The third kappa shape index (κ3) is 8.58. The molecular formula is C35H37NO6. The zero-order chi connectivity index (χ0) is 28.8. The molecular weight excluding hydrogens is 530 g/mol. The van der Waals surface area contributed by atoms with Crippen molar-refractivity contribution in [2.24, 2.45) is 5.16 Å². The van der Waals surface area contributed by atoms with Crippen LogP contribution in [0.2, 0.25) is 0 Å². The molecule has 4 aromatic rings. The van der Waals surface area contributed by atoms with Gasteiger partial charge in [0.05, 0.1) is 39.2 Å². The van der Waals surface area contributed by atoms with E-state index in [0.717, 1.165) is 22.3 Å². The molecule has 0 bridgehead atoms.